The summed E-state index contributed by atoms with van der Waals surface area (Å²) in [4.78, 5) is 39.5. The zero-order valence-corrected chi connectivity index (χ0v) is 36.2. The van der Waals surface area contributed by atoms with Crippen LogP contribution >= 0.6 is 23.2 Å². The van der Waals surface area contributed by atoms with Gasteiger partial charge in [-0.25, -0.2) is 9.78 Å². The van der Waals surface area contributed by atoms with Gasteiger partial charge in [0.05, 0.1) is 28.0 Å². The molecule has 11 nitrogen and oxygen atoms in total. The molecule has 13 heteroatoms. The third kappa shape index (κ3) is 10.0. The van der Waals surface area contributed by atoms with Gasteiger partial charge in [-0.15, -0.1) is 0 Å². The van der Waals surface area contributed by atoms with E-state index in [4.69, 9.17) is 37.4 Å². The smallest absolute Gasteiger partial charge is 0.410 e. The number of amides is 2. The maximum absolute atomic E-state index is 13.7. The SMILES string of the molecule is Cc1cncc(COc2cc(OCc3cccc(-c4cccc(NC(=O)c5nc6c(n5C)CCN(C(=O)OC(C)(C)C)C6)c4Cl)c3C)c(Cl)cc2CN2CCCCC2)c1. The number of ether oxygens (including phenoxy) is 3. The zero-order chi connectivity index (χ0) is 41.8. The van der Waals surface area contributed by atoms with E-state index in [1.807, 2.05) is 96.5 Å². The fourth-order valence-electron chi connectivity index (χ4n) is 7.68. The predicted molar refractivity (Wildman–Crippen MR) is 231 cm³/mol. The second-order valence-electron chi connectivity index (χ2n) is 16.4. The average Bonchev–Trinajstić information content (AvgIpc) is 3.53. The number of hydrogen-bond donors (Lipinski definition) is 1. The van der Waals surface area contributed by atoms with Crippen LogP contribution in [0.4, 0.5) is 10.5 Å². The molecule has 2 amide bonds. The molecule has 5 aromatic rings. The van der Waals surface area contributed by atoms with Crippen molar-refractivity contribution in [2.24, 2.45) is 7.05 Å². The Bertz CT molecular complexity index is 2350. The number of pyridine rings is 1. The summed E-state index contributed by atoms with van der Waals surface area (Å²) < 4.78 is 20.2. The van der Waals surface area contributed by atoms with Crippen LogP contribution in [0.3, 0.4) is 0 Å². The number of halogens is 2. The molecule has 0 atom stereocenters. The Hall–Kier alpha value is -5.10. The first kappa shape index (κ1) is 42.0. The molecule has 2 aliphatic rings. The summed E-state index contributed by atoms with van der Waals surface area (Å²) in [5.74, 6) is 1.10. The number of nitrogens with zero attached hydrogens (tertiary/aromatic N) is 5. The average molecular weight is 840 g/mol. The molecule has 0 saturated carbocycles. The minimum atomic E-state index is -0.609. The number of carbonyl (C=O) groups excluding carboxylic acids is 2. The number of carbonyl (C=O) groups is 2. The predicted octanol–water partition coefficient (Wildman–Crippen LogP) is 10.1. The quantitative estimate of drug-likeness (QED) is 0.140. The highest BCUT2D eigenvalue weighted by atomic mass is 35.5. The van der Waals surface area contributed by atoms with Crippen LogP contribution in [0, 0.1) is 13.8 Å². The molecule has 0 aliphatic carbocycles. The number of likely N-dealkylation sites (tertiary alicyclic amines) is 1. The number of rotatable bonds is 11. The van der Waals surface area contributed by atoms with Crippen LogP contribution in [-0.4, -0.2) is 61.6 Å². The summed E-state index contributed by atoms with van der Waals surface area (Å²) in [7, 11) is 1.81. The van der Waals surface area contributed by atoms with Gasteiger partial charge in [0.15, 0.2) is 5.82 Å². The monoisotopic (exact) mass is 838 g/mol. The summed E-state index contributed by atoms with van der Waals surface area (Å²) in [6, 6.07) is 17.5. The van der Waals surface area contributed by atoms with Crippen LogP contribution in [0.1, 0.15) is 89.9 Å². The van der Waals surface area contributed by atoms with Crippen LogP contribution in [0.25, 0.3) is 11.1 Å². The zero-order valence-electron chi connectivity index (χ0n) is 34.7. The van der Waals surface area contributed by atoms with Crippen molar-refractivity contribution in [2.45, 2.75) is 92.2 Å². The lowest BCUT2D eigenvalue weighted by molar-refractivity contribution is 0.0220. The lowest BCUT2D eigenvalue weighted by atomic mass is 9.96. The van der Waals surface area contributed by atoms with Crippen molar-refractivity contribution < 1.29 is 23.8 Å². The number of aryl methyl sites for hydroxylation is 1. The van der Waals surface area contributed by atoms with Crippen LogP contribution in [0.2, 0.25) is 10.0 Å². The molecule has 2 aromatic heterocycles. The lowest BCUT2D eigenvalue weighted by Gasteiger charge is -2.29. The van der Waals surface area contributed by atoms with E-state index >= 15 is 0 Å². The summed E-state index contributed by atoms with van der Waals surface area (Å²) in [6.07, 6.45) is 7.45. The molecule has 4 heterocycles. The standard InChI is InChI=1S/C46H52Cl2N6O5/c1-29-20-31(24-49-23-29)27-57-40-22-41(36(47)21-33(40)25-53-17-8-7-9-18-53)58-28-32-12-10-13-34(30(32)2)35-14-11-15-37(42(35)48)51-44(55)43-50-38-26-54(19-16-39(38)52(43)6)45(56)59-46(3,4)5/h10-15,20-24H,7-9,16-19,25-28H2,1-6H3,(H,51,55). The van der Waals surface area contributed by atoms with E-state index in [0.717, 1.165) is 70.0 Å². The number of imidazole rings is 1. The van der Waals surface area contributed by atoms with Crippen LogP contribution in [-0.2, 0) is 44.5 Å². The Labute approximate surface area is 356 Å². The first-order valence-corrected chi connectivity index (χ1v) is 20.9. The molecule has 0 unspecified atom stereocenters. The Balaban J connectivity index is 1.07. The van der Waals surface area contributed by atoms with Crippen LogP contribution in [0.15, 0.2) is 67.0 Å². The van der Waals surface area contributed by atoms with Crippen LogP contribution in [0.5, 0.6) is 11.5 Å². The Morgan fingerprint density at radius 2 is 1.61 bits per heavy atom. The molecule has 310 valence electrons. The Morgan fingerprint density at radius 1 is 0.864 bits per heavy atom. The van der Waals surface area contributed by atoms with E-state index < -0.39 is 17.6 Å². The lowest BCUT2D eigenvalue weighted by Crippen LogP contribution is -2.40. The number of aromatic nitrogens is 3. The van der Waals surface area contributed by atoms with Gasteiger partial charge in [-0.2, -0.15) is 0 Å². The molecule has 7 rings (SSSR count). The molecular formula is C46H52Cl2N6O5. The number of nitrogens with one attached hydrogen (secondary N) is 1. The van der Waals surface area contributed by atoms with Gasteiger partial charge in [-0.05, 0) is 101 Å². The van der Waals surface area contributed by atoms with Gasteiger partial charge >= 0.3 is 6.09 Å². The number of anilines is 1. The van der Waals surface area contributed by atoms with E-state index in [1.54, 1.807) is 15.5 Å². The van der Waals surface area contributed by atoms with E-state index in [9.17, 15) is 9.59 Å². The Morgan fingerprint density at radius 3 is 2.37 bits per heavy atom. The van der Waals surface area contributed by atoms with Gasteiger partial charge in [-0.1, -0.05) is 60.0 Å². The molecule has 2 aliphatic heterocycles. The first-order chi connectivity index (χ1) is 28.2. The highest BCUT2D eigenvalue weighted by Crippen LogP contribution is 2.38. The molecule has 1 N–H and O–H groups in total. The molecule has 1 fully saturated rings. The van der Waals surface area contributed by atoms with Crippen LogP contribution < -0.4 is 14.8 Å². The molecular weight excluding hydrogens is 787 g/mol. The van der Waals surface area contributed by atoms with Crippen molar-refractivity contribution >= 4 is 40.9 Å². The third-order valence-corrected chi connectivity index (χ3v) is 11.5. The summed E-state index contributed by atoms with van der Waals surface area (Å²) in [5.41, 5.74) is 8.11. The second-order valence-corrected chi connectivity index (χ2v) is 17.2. The van der Waals surface area contributed by atoms with Gasteiger partial charge in [0.1, 0.15) is 30.3 Å². The summed E-state index contributed by atoms with van der Waals surface area (Å²) in [6.45, 7) is 13.8. The second kappa shape index (κ2) is 18.0. The maximum atomic E-state index is 13.7. The number of fused-ring (bicyclic) bond motifs is 1. The molecule has 0 spiro atoms. The van der Waals surface area contributed by atoms with E-state index in [0.29, 0.717) is 46.7 Å². The van der Waals surface area contributed by atoms with Gasteiger partial charge in [0, 0.05) is 67.4 Å². The fraction of sp³-hybridized carbons (Fsp3) is 0.391. The normalized spacial score (nSPS) is 14.5. The van der Waals surface area contributed by atoms with Crippen molar-refractivity contribution in [1.82, 2.24) is 24.3 Å². The van der Waals surface area contributed by atoms with Gasteiger partial charge in [0.25, 0.3) is 5.91 Å². The highest BCUT2D eigenvalue weighted by Gasteiger charge is 2.30. The number of piperidine rings is 1. The van der Waals surface area contributed by atoms with Gasteiger partial charge in [-0.3, -0.25) is 14.7 Å². The largest absolute Gasteiger partial charge is 0.488 e. The molecule has 3 aromatic carbocycles. The minimum Gasteiger partial charge on any atom is -0.488 e. The summed E-state index contributed by atoms with van der Waals surface area (Å²) >= 11 is 14.0. The third-order valence-electron chi connectivity index (χ3n) is 10.8. The number of hydrogen-bond acceptors (Lipinski definition) is 8. The molecule has 0 radical (unpaired) electrons. The Kier molecular flexibility index (Phi) is 12.8. The summed E-state index contributed by atoms with van der Waals surface area (Å²) in [5, 5.41) is 3.90. The van der Waals surface area contributed by atoms with Crippen molar-refractivity contribution in [3.63, 3.8) is 0 Å². The molecule has 0 bridgehead atoms. The fourth-order valence-corrected chi connectivity index (χ4v) is 8.19. The number of benzene rings is 3. The van der Waals surface area contributed by atoms with E-state index in [-0.39, 0.29) is 19.0 Å². The van der Waals surface area contributed by atoms with Gasteiger partial charge < -0.3 is 29.0 Å². The maximum Gasteiger partial charge on any atom is 0.410 e. The minimum absolute atomic E-state index is 0.233. The molecule has 1 saturated heterocycles. The topological polar surface area (TPSA) is 111 Å². The van der Waals surface area contributed by atoms with Crippen molar-refractivity contribution in [3.8, 4) is 22.6 Å². The molecule has 59 heavy (non-hydrogen) atoms. The van der Waals surface area contributed by atoms with E-state index in [1.165, 1.54) is 19.3 Å². The van der Waals surface area contributed by atoms with Gasteiger partial charge in [0.2, 0.25) is 0 Å². The van der Waals surface area contributed by atoms with Crippen molar-refractivity contribution in [1.29, 1.82) is 0 Å². The van der Waals surface area contributed by atoms with Crippen molar-refractivity contribution in [3.05, 3.63) is 122 Å². The highest BCUT2D eigenvalue weighted by molar-refractivity contribution is 6.36. The first-order valence-electron chi connectivity index (χ1n) is 20.2. The van der Waals surface area contributed by atoms with Crippen molar-refractivity contribution in [2.75, 3.05) is 25.0 Å². The van der Waals surface area contributed by atoms with E-state index in [2.05, 4.69) is 26.3 Å².